The first-order chi connectivity index (χ1) is 9.09. The fourth-order valence-corrected chi connectivity index (χ4v) is 2.34. The molecule has 0 N–H and O–H groups in total. The molecule has 1 amide bonds. The summed E-state index contributed by atoms with van der Waals surface area (Å²) in [4.78, 5) is 14.2. The molecule has 0 heterocycles. The minimum absolute atomic E-state index is 0.0441. The molecule has 0 aliphatic carbocycles. The van der Waals surface area contributed by atoms with Gasteiger partial charge in [-0.25, -0.2) is 0 Å². The van der Waals surface area contributed by atoms with Crippen molar-refractivity contribution in [3.63, 3.8) is 0 Å². The van der Waals surface area contributed by atoms with Crippen molar-refractivity contribution in [2.24, 2.45) is 0 Å². The maximum atomic E-state index is 12.4. The number of benzene rings is 2. The van der Waals surface area contributed by atoms with Gasteiger partial charge in [-0.3, -0.25) is 4.79 Å². The molecule has 0 unspecified atom stereocenters. The van der Waals surface area contributed by atoms with Gasteiger partial charge in [0.2, 0.25) is 0 Å². The number of rotatable bonds is 3. The van der Waals surface area contributed by atoms with Crippen LogP contribution in [0.15, 0.2) is 53.0 Å². The summed E-state index contributed by atoms with van der Waals surface area (Å²) in [6, 6.07) is 15.7. The summed E-state index contributed by atoms with van der Waals surface area (Å²) < 4.78 is 0.964. The smallest absolute Gasteiger partial charge is 0.254 e. The Bertz CT molecular complexity index is 581. The van der Waals surface area contributed by atoms with Gasteiger partial charge in [0.15, 0.2) is 0 Å². The number of carbonyl (C=O) groups excluding carboxylic acids is 1. The van der Waals surface area contributed by atoms with Crippen LogP contribution in [0.3, 0.4) is 0 Å². The molecule has 0 radical (unpaired) electrons. The fraction of sp³-hybridized carbons (Fsp3) is 0.188. The number of hydrogen-bond acceptors (Lipinski definition) is 1. The molecule has 0 aromatic heterocycles. The van der Waals surface area contributed by atoms with E-state index < -0.39 is 0 Å². The monoisotopic (exact) mass is 317 g/mol. The van der Waals surface area contributed by atoms with Crippen molar-refractivity contribution < 1.29 is 4.79 Å². The Balaban J connectivity index is 2.18. The average Bonchev–Trinajstić information content (AvgIpc) is 2.42. The first-order valence-electron chi connectivity index (χ1n) is 6.14. The molecule has 0 saturated heterocycles. The summed E-state index contributed by atoms with van der Waals surface area (Å²) in [5.74, 6) is 0.0441. The maximum Gasteiger partial charge on any atom is 0.254 e. The molecule has 0 aliphatic rings. The topological polar surface area (TPSA) is 20.3 Å². The van der Waals surface area contributed by atoms with Gasteiger partial charge < -0.3 is 4.90 Å². The van der Waals surface area contributed by atoms with Crippen molar-refractivity contribution in [3.05, 3.63) is 69.7 Å². The Labute approximate surface area is 122 Å². The van der Waals surface area contributed by atoms with Gasteiger partial charge >= 0.3 is 0 Å². The number of hydrogen-bond donors (Lipinski definition) is 0. The van der Waals surface area contributed by atoms with Gasteiger partial charge in [0, 0.05) is 23.6 Å². The molecule has 0 saturated carbocycles. The molecule has 0 fully saturated rings. The summed E-state index contributed by atoms with van der Waals surface area (Å²) in [6.07, 6.45) is 0. The van der Waals surface area contributed by atoms with E-state index in [4.69, 9.17) is 0 Å². The SMILES string of the molecule is Cc1c(Br)cccc1C(=O)N(C)Cc1ccccc1. The van der Waals surface area contributed by atoms with E-state index in [1.54, 1.807) is 4.90 Å². The van der Waals surface area contributed by atoms with Crippen LogP contribution >= 0.6 is 15.9 Å². The molecule has 2 aromatic carbocycles. The molecule has 0 bridgehead atoms. The molecule has 2 aromatic rings. The van der Waals surface area contributed by atoms with Crippen molar-refractivity contribution in [1.29, 1.82) is 0 Å². The van der Waals surface area contributed by atoms with Crippen LogP contribution in [0.2, 0.25) is 0 Å². The van der Waals surface area contributed by atoms with Crippen LogP contribution in [0.25, 0.3) is 0 Å². The lowest BCUT2D eigenvalue weighted by molar-refractivity contribution is 0.0784. The second-order valence-electron chi connectivity index (χ2n) is 4.56. The van der Waals surface area contributed by atoms with Crippen LogP contribution in [0.5, 0.6) is 0 Å². The Morgan fingerprint density at radius 2 is 1.79 bits per heavy atom. The maximum absolute atomic E-state index is 12.4. The summed E-state index contributed by atoms with van der Waals surface area (Å²) in [6.45, 7) is 2.57. The molecular weight excluding hydrogens is 302 g/mol. The Kier molecular flexibility index (Phi) is 4.38. The van der Waals surface area contributed by atoms with Gasteiger partial charge in [0.05, 0.1) is 0 Å². The summed E-state index contributed by atoms with van der Waals surface area (Å²) in [5, 5.41) is 0. The zero-order chi connectivity index (χ0) is 13.8. The van der Waals surface area contributed by atoms with Gasteiger partial charge in [-0.1, -0.05) is 52.3 Å². The van der Waals surface area contributed by atoms with E-state index in [1.165, 1.54) is 0 Å². The average molecular weight is 318 g/mol. The molecule has 0 aliphatic heterocycles. The van der Waals surface area contributed by atoms with Gasteiger partial charge in [-0.15, -0.1) is 0 Å². The lowest BCUT2D eigenvalue weighted by Crippen LogP contribution is -2.26. The van der Waals surface area contributed by atoms with Crippen LogP contribution in [-0.4, -0.2) is 17.9 Å². The second kappa shape index (κ2) is 6.02. The van der Waals surface area contributed by atoms with Crippen molar-refractivity contribution >= 4 is 21.8 Å². The number of nitrogens with zero attached hydrogens (tertiary/aromatic N) is 1. The molecule has 2 nitrogen and oxygen atoms in total. The molecular formula is C16H16BrNO. The minimum atomic E-state index is 0.0441. The molecule has 98 valence electrons. The van der Waals surface area contributed by atoms with E-state index >= 15 is 0 Å². The van der Waals surface area contributed by atoms with Crippen molar-refractivity contribution in [2.45, 2.75) is 13.5 Å². The standard InChI is InChI=1S/C16H16BrNO/c1-12-14(9-6-10-15(12)17)16(19)18(2)11-13-7-4-3-5-8-13/h3-10H,11H2,1-2H3. The number of carbonyl (C=O) groups is 1. The summed E-state index contributed by atoms with van der Waals surface area (Å²) in [7, 11) is 1.83. The van der Waals surface area contributed by atoms with Gasteiger partial charge in [0.1, 0.15) is 0 Å². The number of amides is 1. The predicted octanol–water partition coefficient (Wildman–Crippen LogP) is 4.03. The predicted molar refractivity (Wildman–Crippen MR) is 81.1 cm³/mol. The van der Waals surface area contributed by atoms with Crippen LogP contribution < -0.4 is 0 Å². The highest BCUT2D eigenvalue weighted by atomic mass is 79.9. The zero-order valence-electron chi connectivity index (χ0n) is 11.1. The van der Waals surface area contributed by atoms with E-state index in [0.717, 1.165) is 21.2 Å². The highest BCUT2D eigenvalue weighted by molar-refractivity contribution is 9.10. The van der Waals surface area contributed by atoms with E-state index in [0.29, 0.717) is 6.54 Å². The summed E-state index contributed by atoms with van der Waals surface area (Å²) in [5.41, 5.74) is 2.85. The van der Waals surface area contributed by atoms with Crippen molar-refractivity contribution in [1.82, 2.24) is 4.90 Å². The second-order valence-corrected chi connectivity index (χ2v) is 5.41. The minimum Gasteiger partial charge on any atom is -0.337 e. The van der Waals surface area contributed by atoms with Crippen molar-refractivity contribution in [3.8, 4) is 0 Å². The zero-order valence-corrected chi connectivity index (χ0v) is 12.6. The molecule has 0 atom stereocenters. The van der Waals surface area contributed by atoms with E-state index in [-0.39, 0.29) is 5.91 Å². The highest BCUT2D eigenvalue weighted by Crippen LogP contribution is 2.21. The van der Waals surface area contributed by atoms with Crippen LogP contribution in [0.4, 0.5) is 0 Å². The van der Waals surface area contributed by atoms with Crippen LogP contribution in [-0.2, 0) is 6.54 Å². The third-order valence-corrected chi connectivity index (χ3v) is 3.97. The number of halogens is 1. The third kappa shape index (κ3) is 3.24. The van der Waals surface area contributed by atoms with Crippen LogP contribution in [0.1, 0.15) is 21.5 Å². The van der Waals surface area contributed by atoms with Crippen LogP contribution in [0, 0.1) is 6.92 Å². The summed E-state index contributed by atoms with van der Waals surface area (Å²) >= 11 is 3.46. The Morgan fingerprint density at radius 3 is 2.47 bits per heavy atom. The Hall–Kier alpha value is -1.61. The van der Waals surface area contributed by atoms with Crippen molar-refractivity contribution in [2.75, 3.05) is 7.05 Å². The lowest BCUT2D eigenvalue weighted by Gasteiger charge is -2.19. The third-order valence-electron chi connectivity index (χ3n) is 3.11. The molecule has 2 rings (SSSR count). The molecule has 0 spiro atoms. The lowest BCUT2D eigenvalue weighted by atomic mass is 10.1. The fourth-order valence-electron chi connectivity index (χ4n) is 1.97. The first-order valence-corrected chi connectivity index (χ1v) is 6.93. The van der Waals surface area contributed by atoms with E-state index in [1.807, 2.05) is 62.5 Å². The van der Waals surface area contributed by atoms with E-state index in [9.17, 15) is 4.79 Å². The highest BCUT2D eigenvalue weighted by Gasteiger charge is 2.15. The molecule has 19 heavy (non-hydrogen) atoms. The van der Waals surface area contributed by atoms with Gasteiger partial charge in [0.25, 0.3) is 5.91 Å². The normalized spacial score (nSPS) is 10.3. The van der Waals surface area contributed by atoms with E-state index in [2.05, 4.69) is 15.9 Å². The quantitative estimate of drug-likeness (QED) is 0.837. The molecule has 3 heteroatoms. The van der Waals surface area contributed by atoms with Gasteiger partial charge in [-0.2, -0.15) is 0 Å². The largest absolute Gasteiger partial charge is 0.337 e. The first kappa shape index (κ1) is 13.8. The van der Waals surface area contributed by atoms with Gasteiger partial charge in [-0.05, 0) is 30.2 Å². The Morgan fingerprint density at radius 1 is 1.11 bits per heavy atom.